The van der Waals surface area contributed by atoms with Gasteiger partial charge in [-0.15, -0.1) is 0 Å². The maximum Gasteiger partial charge on any atom is 0.123 e. The van der Waals surface area contributed by atoms with Crippen LogP contribution in [0.1, 0.15) is 5.56 Å². The molecule has 1 N–H and O–H groups in total. The van der Waals surface area contributed by atoms with Crippen LogP contribution in [0.2, 0.25) is 0 Å². The first kappa shape index (κ1) is 13.4. The van der Waals surface area contributed by atoms with Gasteiger partial charge >= 0.3 is 0 Å². The maximum atomic E-state index is 12.8. The predicted molar refractivity (Wildman–Crippen MR) is 79.3 cm³/mol. The lowest BCUT2D eigenvalue weighted by Crippen LogP contribution is -2.25. The third kappa shape index (κ3) is 3.71. The highest BCUT2D eigenvalue weighted by atomic mass is 19.1. The SMILES string of the molecule is Cc1ccccc1N(C)CCNc1ccc(F)cc1. The number of halogens is 1. The van der Waals surface area contributed by atoms with E-state index in [1.807, 2.05) is 12.1 Å². The van der Waals surface area contributed by atoms with Gasteiger partial charge in [0.05, 0.1) is 0 Å². The predicted octanol–water partition coefficient (Wildman–Crippen LogP) is 3.68. The molecule has 0 atom stereocenters. The van der Waals surface area contributed by atoms with Crippen LogP contribution in [-0.4, -0.2) is 20.1 Å². The first-order valence-electron chi connectivity index (χ1n) is 6.43. The number of nitrogens with zero attached hydrogens (tertiary/aromatic N) is 1. The van der Waals surface area contributed by atoms with Crippen molar-refractivity contribution >= 4 is 11.4 Å². The zero-order chi connectivity index (χ0) is 13.7. The van der Waals surface area contributed by atoms with Crippen LogP contribution in [0.15, 0.2) is 48.5 Å². The molecule has 0 bridgehead atoms. The van der Waals surface area contributed by atoms with Crippen molar-refractivity contribution in [1.82, 2.24) is 0 Å². The zero-order valence-corrected chi connectivity index (χ0v) is 11.4. The Hall–Kier alpha value is -2.03. The fourth-order valence-electron chi connectivity index (χ4n) is 2.05. The van der Waals surface area contributed by atoms with Crippen LogP contribution in [0, 0.1) is 12.7 Å². The van der Waals surface area contributed by atoms with Gasteiger partial charge in [-0.1, -0.05) is 18.2 Å². The van der Waals surface area contributed by atoms with Gasteiger partial charge in [0.1, 0.15) is 5.82 Å². The van der Waals surface area contributed by atoms with Crippen molar-refractivity contribution < 1.29 is 4.39 Å². The standard InChI is InChI=1S/C16H19FN2/c1-13-5-3-4-6-16(13)19(2)12-11-18-15-9-7-14(17)8-10-15/h3-10,18H,11-12H2,1-2H3. The number of rotatable bonds is 5. The third-order valence-corrected chi connectivity index (χ3v) is 3.15. The third-order valence-electron chi connectivity index (χ3n) is 3.15. The first-order valence-corrected chi connectivity index (χ1v) is 6.43. The van der Waals surface area contributed by atoms with Gasteiger partial charge in [0.15, 0.2) is 0 Å². The average molecular weight is 258 g/mol. The number of benzene rings is 2. The lowest BCUT2D eigenvalue weighted by atomic mass is 10.2. The van der Waals surface area contributed by atoms with E-state index in [1.54, 1.807) is 12.1 Å². The molecule has 0 fully saturated rings. The summed E-state index contributed by atoms with van der Waals surface area (Å²) >= 11 is 0. The summed E-state index contributed by atoms with van der Waals surface area (Å²) in [6.07, 6.45) is 0. The molecule has 0 spiro atoms. The van der Waals surface area contributed by atoms with Gasteiger partial charge in [0, 0.05) is 31.5 Å². The van der Waals surface area contributed by atoms with E-state index in [0.29, 0.717) is 0 Å². The molecule has 0 heterocycles. The Morgan fingerprint density at radius 2 is 1.74 bits per heavy atom. The molecule has 0 amide bonds. The Kier molecular flexibility index (Phi) is 4.39. The second kappa shape index (κ2) is 6.23. The van der Waals surface area contributed by atoms with E-state index in [1.165, 1.54) is 23.4 Å². The quantitative estimate of drug-likeness (QED) is 0.880. The van der Waals surface area contributed by atoms with Crippen LogP contribution in [0.3, 0.4) is 0 Å². The maximum absolute atomic E-state index is 12.8. The van der Waals surface area contributed by atoms with Crippen LogP contribution in [0.4, 0.5) is 15.8 Å². The highest BCUT2D eigenvalue weighted by Crippen LogP contribution is 2.17. The zero-order valence-electron chi connectivity index (χ0n) is 11.4. The Morgan fingerprint density at radius 1 is 1.05 bits per heavy atom. The number of nitrogens with one attached hydrogen (secondary N) is 1. The number of aryl methyl sites for hydroxylation is 1. The van der Waals surface area contributed by atoms with Crippen molar-refractivity contribution in [3.05, 3.63) is 59.9 Å². The van der Waals surface area contributed by atoms with E-state index in [4.69, 9.17) is 0 Å². The second-order valence-corrected chi connectivity index (χ2v) is 4.64. The number of hydrogen-bond donors (Lipinski definition) is 1. The fraction of sp³-hybridized carbons (Fsp3) is 0.250. The molecule has 0 saturated heterocycles. The molecule has 19 heavy (non-hydrogen) atoms. The fourth-order valence-corrected chi connectivity index (χ4v) is 2.05. The summed E-state index contributed by atoms with van der Waals surface area (Å²) in [6.45, 7) is 3.82. The molecular formula is C16H19FN2. The Labute approximate surface area is 113 Å². The molecule has 100 valence electrons. The van der Waals surface area contributed by atoms with Crippen molar-refractivity contribution in [3.8, 4) is 0 Å². The summed E-state index contributed by atoms with van der Waals surface area (Å²) in [4.78, 5) is 2.21. The minimum absolute atomic E-state index is 0.206. The summed E-state index contributed by atoms with van der Waals surface area (Å²) in [7, 11) is 2.08. The molecule has 3 heteroatoms. The van der Waals surface area contributed by atoms with E-state index in [-0.39, 0.29) is 5.82 Å². The number of hydrogen-bond acceptors (Lipinski definition) is 2. The van der Waals surface area contributed by atoms with Gasteiger partial charge in [0.2, 0.25) is 0 Å². The van der Waals surface area contributed by atoms with Gasteiger partial charge in [-0.3, -0.25) is 0 Å². The second-order valence-electron chi connectivity index (χ2n) is 4.64. The van der Waals surface area contributed by atoms with E-state index in [9.17, 15) is 4.39 Å². The summed E-state index contributed by atoms with van der Waals surface area (Å²) in [5, 5.41) is 3.28. The van der Waals surface area contributed by atoms with Gasteiger partial charge in [-0.25, -0.2) is 4.39 Å². The summed E-state index contributed by atoms with van der Waals surface area (Å²) < 4.78 is 12.8. The van der Waals surface area contributed by atoms with Crippen molar-refractivity contribution in [3.63, 3.8) is 0 Å². The van der Waals surface area contributed by atoms with Crippen LogP contribution >= 0.6 is 0 Å². The largest absolute Gasteiger partial charge is 0.383 e. The van der Waals surface area contributed by atoms with E-state index < -0.39 is 0 Å². The molecule has 2 aromatic rings. The van der Waals surface area contributed by atoms with Crippen molar-refractivity contribution in [1.29, 1.82) is 0 Å². The van der Waals surface area contributed by atoms with Crippen molar-refractivity contribution in [2.24, 2.45) is 0 Å². The lowest BCUT2D eigenvalue weighted by molar-refractivity contribution is 0.628. The van der Waals surface area contributed by atoms with Gasteiger partial charge in [-0.05, 0) is 42.8 Å². The molecule has 0 unspecified atom stereocenters. The first-order chi connectivity index (χ1) is 9.16. The van der Waals surface area contributed by atoms with E-state index in [2.05, 4.69) is 36.3 Å². The summed E-state index contributed by atoms with van der Waals surface area (Å²) in [6, 6.07) is 14.8. The minimum atomic E-state index is -0.206. The smallest absolute Gasteiger partial charge is 0.123 e. The molecule has 2 rings (SSSR count). The summed E-state index contributed by atoms with van der Waals surface area (Å²) in [5.74, 6) is -0.206. The van der Waals surface area contributed by atoms with Crippen LogP contribution in [0.25, 0.3) is 0 Å². The number of anilines is 2. The Bertz CT molecular complexity index is 523. The van der Waals surface area contributed by atoms with E-state index >= 15 is 0 Å². The Balaban J connectivity index is 1.86. The van der Waals surface area contributed by atoms with Crippen LogP contribution in [0.5, 0.6) is 0 Å². The van der Waals surface area contributed by atoms with E-state index in [0.717, 1.165) is 18.8 Å². The highest BCUT2D eigenvalue weighted by molar-refractivity contribution is 5.52. The molecule has 0 aliphatic carbocycles. The topological polar surface area (TPSA) is 15.3 Å². The molecular weight excluding hydrogens is 239 g/mol. The van der Waals surface area contributed by atoms with Crippen molar-refractivity contribution in [2.75, 3.05) is 30.4 Å². The van der Waals surface area contributed by atoms with Crippen LogP contribution in [-0.2, 0) is 0 Å². The molecule has 2 aromatic carbocycles. The molecule has 2 nitrogen and oxygen atoms in total. The van der Waals surface area contributed by atoms with Gasteiger partial charge in [0.25, 0.3) is 0 Å². The highest BCUT2D eigenvalue weighted by Gasteiger charge is 2.02. The Morgan fingerprint density at radius 3 is 2.42 bits per heavy atom. The lowest BCUT2D eigenvalue weighted by Gasteiger charge is -2.21. The number of para-hydroxylation sites is 1. The summed E-state index contributed by atoms with van der Waals surface area (Å²) in [5.41, 5.74) is 3.45. The average Bonchev–Trinajstić information content (AvgIpc) is 2.41. The van der Waals surface area contributed by atoms with Gasteiger partial charge in [-0.2, -0.15) is 0 Å². The normalized spacial score (nSPS) is 10.3. The molecule has 0 aliphatic rings. The minimum Gasteiger partial charge on any atom is -0.383 e. The molecule has 0 radical (unpaired) electrons. The molecule has 0 aliphatic heterocycles. The van der Waals surface area contributed by atoms with Crippen molar-refractivity contribution in [2.45, 2.75) is 6.92 Å². The number of likely N-dealkylation sites (N-methyl/N-ethyl adjacent to an activating group) is 1. The molecule has 0 saturated carbocycles. The van der Waals surface area contributed by atoms with Crippen LogP contribution < -0.4 is 10.2 Å². The molecule has 0 aromatic heterocycles. The monoisotopic (exact) mass is 258 g/mol. The van der Waals surface area contributed by atoms with Gasteiger partial charge < -0.3 is 10.2 Å².